The Morgan fingerprint density at radius 3 is 2.69 bits per heavy atom. The second-order valence-electron chi connectivity index (χ2n) is 8.24. The fourth-order valence-electron chi connectivity index (χ4n) is 4.89. The van der Waals surface area contributed by atoms with Crippen molar-refractivity contribution in [1.29, 1.82) is 0 Å². The van der Waals surface area contributed by atoms with Crippen LogP contribution >= 0.6 is 0 Å². The Labute approximate surface area is 169 Å². The lowest BCUT2D eigenvalue weighted by Crippen LogP contribution is -2.46. The van der Waals surface area contributed by atoms with Gasteiger partial charge in [-0.1, -0.05) is 37.5 Å². The third-order valence-corrected chi connectivity index (χ3v) is 6.50. The van der Waals surface area contributed by atoms with Gasteiger partial charge in [-0.25, -0.2) is 9.67 Å². The zero-order valence-corrected chi connectivity index (χ0v) is 16.4. The maximum Gasteiger partial charge on any atom is 0.264 e. The van der Waals surface area contributed by atoms with E-state index in [-0.39, 0.29) is 18.0 Å². The van der Waals surface area contributed by atoms with Crippen molar-refractivity contribution in [3.8, 4) is 5.69 Å². The van der Waals surface area contributed by atoms with Crippen LogP contribution in [0.5, 0.6) is 0 Å². The normalized spacial score (nSPS) is 21.9. The number of rotatable bonds is 3. The van der Waals surface area contributed by atoms with Crippen LogP contribution in [0.25, 0.3) is 16.7 Å². The molecule has 29 heavy (non-hydrogen) atoms. The summed E-state index contributed by atoms with van der Waals surface area (Å²) >= 11 is 0. The van der Waals surface area contributed by atoms with Crippen LogP contribution in [0.2, 0.25) is 0 Å². The highest BCUT2D eigenvalue weighted by molar-refractivity contribution is 5.78. The topological polar surface area (TPSA) is 73.0 Å². The molecule has 1 aliphatic heterocycles. The van der Waals surface area contributed by atoms with Gasteiger partial charge in [-0.2, -0.15) is 5.10 Å². The average Bonchev–Trinajstić information content (AvgIpc) is 3.21. The second-order valence-corrected chi connectivity index (χ2v) is 8.24. The molecule has 3 heterocycles. The molecule has 0 spiro atoms. The quantitative estimate of drug-likeness (QED) is 0.688. The zero-order valence-electron chi connectivity index (χ0n) is 16.4. The van der Waals surface area contributed by atoms with Crippen LogP contribution in [0.15, 0.2) is 47.7 Å². The lowest BCUT2D eigenvalue weighted by Gasteiger charge is -2.41. The highest BCUT2D eigenvalue weighted by atomic mass is 16.2. The number of para-hydroxylation sites is 1. The van der Waals surface area contributed by atoms with Gasteiger partial charge in [0.15, 0.2) is 5.65 Å². The molecule has 1 aliphatic carbocycles. The van der Waals surface area contributed by atoms with Gasteiger partial charge >= 0.3 is 0 Å². The third-order valence-electron chi connectivity index (χ3n) is 6.50. The molecule has 1 aromatic carbocycles. The van der Waals surface area contributed by atoms with Crippen LogP contribution in [0.3, 0.4) is 0 Å². The minimum Gasteiger partial charge on any atom is -0.341 e. The Bertz CT molecular complexity index is 1090. The van der Waals surface area contributed by atoms with Crippen LogP contribution in [0.1, 0.15) is 32.1 Å². The smallest absolute Gasteiger partial charge is 0.264 e. The Kier molecular flexibility index (Phi) is 4.66. The molecule has 2 atom stereocenters. The Balaban J connectivity index is 1.36. The number of piperidine rings is 1. The number of nitrogens with zero attached hydrogens (tertiary/aromatic N) is 5. The minimum atomic E-state index is -0.224. The number of aromatic nitrogens is 4. The summed E-state index contributed by atoms with van der Waals surface area (Å²) < 4.78 is 3.06. The van der Waals surface area contributed by atoms with Crippen molar-refractivity contribution >= 4 is 16.9 Å². The molecule has 7 nitrogen and oxygen atoms in total. The Morgan fingerprint density at radius 2 is 1.86 bits per heavy atom. The third kappa shape index (κ3) is 3.34. The number of likely N-dealkylation sites (tertiary alicyclic amines) is 1. The van der Waals surface area contributed by atoms with E-state index in [2.05, 4.69) is 10.1 Å². The van der Waals surface area contributed by atoms with Gasteiger partial charge < -0.3 is 4.90 Å². The molecule has 1 amide bonds. The zero-order chi connectivity index (χ0) is 19.8. The molecular formula is C22H25N5O2. The van der Waals surface area contributed by atoms with Gasteiger partial charge in [-0.05, 0) is 36.8 Å². The maximum absolute atomic E-state index is 12.9. The first-order chi connectivity index (χ1) is 14.2. The van der Waals surface area contributed by atoms with Crippen LogP contribution in [0.4, 0.5) is 0 Å². The van der Waals surface area contributed by atoms with E-state index in [0.717, 1.165) is 31.1 Å². The molecule has 3 aromatic rings. The highest BCUT2D eigenvalue weighted by Crippen LogP contribution is 2.36. The molecule has 150 valence electrons. The van der Waals surface area contributed by atoms with E-state index in [1.165, 1.54) is 42.8 Å². The standard InChI is InChI=1S/C22H25N5O2/c28-20(25-11-10-16-6-4-5-7-17(16)13-25)14-26-15-23-21-19(22(26)29)12-24-27(21)18-8-2-1-3-9-18/h1-3,8-9,12,15-17H,4-7,10-11,13-14H2/t16-,17-/m0/s1. The number of benzene rings is 1. The number of fused-ring (bicyclic) bond motifs is 2. The molecule has 1 saturated carbocycles. The van der Waals surface area contributed by atoms with Crippen molar-refractivity contribution in [2.75, 3.05) is 13.1 Å². The van der Waals surface area contributed by atoms with E-state index in [1.54, 1.807) is 4.68 Å². The van der Waals surface area contributed by atoms with Crippen molar-refractivity contribution in [2.45, 2.75) is 38.6 Å². The fourth-order valence-corrected chi connectivity index (χ4v) is 4.89. The minimum absolute atomic E-state index is 0.00715. The summed E-state index contributed by atoms with van der Waals surface area (Å²) in [6.45, 7) is 1.67. The van der Waals surface area contributed by atoms with Crippen molar-refractivity contribution in [2.24, 2.45) is 11.8 Å². The summed E-state index contributed by atoms with van der Waals surface area (Å²) in [5, 5.41) is 4.75. The van der Waals surface area contributed by atoms with Gasteiger partial charge in [0.2, 0.25) is 5.91 Å². The lowest BCUT2D eigenvalue weighted by molar-refractivity contribution is -0.135. The molecule has 0 bridgehead atoms. The SMILES string of the molecule is O=C(Cn1cnc2c(cnn2-c2ccccc2)c1=O)N1CC[C@@H]2CCCC[C@H]2C1. The molecule has 7 heteroatoms. The van der Waals surface area contributed by atoms with Gasteiger partial charge in [0.25, 0.3) is 5.56 Å². The van der Waals surface area contributed by atoms with Crippen molar-refractivity contribution in [3.05, 3.63) is 53.2 Å². The van der Waals surface area contributed by atoms with E-state index in [9.17, 15) is 9.59 Å². The summed E-state index contributed by atoms with van der Waals surface area (Å²) in [6, 6.07) is 9.59. The molecule has 2 aromatic heterocycles. The average molecular weight is 391 g/mol. The molecule has 0 radical (unpaired) electrons. The Hall–Kier alpha value is -2.96. The number of carbonyl (C=O) groups excluding carboxylic acids is 1. The summed E-state index contributed by atoms with van der Waals surface area (Å²) in [6.07, 6.45) is 9.22. The van der Waals surface area contributed by atoms with Gasteiger partial charge in [-0.15, -0.1) is 0 Å². The summed E-state index contributed by atoms with van der Waals surface area (Å²) in [5.41, 5.74) is 1.13. The maximum atomic E-state index is 12.9. The Morgan fingerprint density at radius 1 is 1.07 bits per heavy atom. The van der Waals surface area contributed by atoms with Gasteiger partial charge in [-0.3, -0.25) is 14.2 Å². The first kappa shape index (κ1) is 18.1. The predicted molar refractivity (Wildman–Crippen MR) is 110 cm³/mol. The first-order valence-corrected chi connectivity index (χ1v) is 10.5. The van der Waals surface area contributed by atoms with Gasteiger partial charge in [0.1, 0.15) is 18.3 Å². The van der Waals surface area contributed by atoms with E-state index >= 15 is 0 Å². The largest absolute Gasteiger partial charge is 0.341 e. The number of hydrogen-bond donors (Lipinski definition) is 0. The number of carbonyl (C=O) groups is 1. The van der Waals surface area contributed by atoms with Crippen LogP contribution < -0.4 is 5.56 Å². The van der Waals surface area contributed by atoms with Gasteiger partial charge in [0, 0.05) is 13.1 Å². The fraction of sp³-hybridized carbons (Fsp3) is 0.455. The summed E-state index contributed by atoms with van der Waals surface area (Å²) in [4.78, 5) is 32.2. The molecule has 1 saturated heterocycles. The number of hydrogen-bond acceptors (Lipinski definition) is 4. The van der Waals surface area contributed by atoms with E-state index in [4.69, 9.17) is 0 Å². The van der Waals surface area contributed by atoms with Crippen LogP contribution in [-0.2, 0) is 11.3 Å². The molecule has 2 fully saturated rings. The van der Waals surface area contributed by atoms with Gasteiger partial charge in [0.05, 0.1) is 11.9 Å². The van der Waals surface area contributed by atoms with E-state index < -0.39 is 0 Å². The molecule has 5 rings (SSSR count). The predicted octanol–water partition coefficient (Wildman–Crippen LogP) is 2.62. The first-order valence-electron chi connectivity index (χ1n) is 10.5. The molecule has 0 N–H and O–H groups in total. The van der Waals surface area contributed by atoms with Crippen LogP contribution in [0, 0.1) is 11.8 Å². The lowest BCUT2D eigenvalue weighted by atomic mass is 9.75. The summed E-state index contributed by atoms with van der Waals surface area (Å²) in [7, 11) is 0. The van der Waals surface area contributed by atoms with Crippen LogP contribution in [-0.4, -0.2) is 43.2 Å². The van der Waals surface area contributed by atoms with Crippen molar-refractivity contribution in [3.63, 3.8) is 0 Å². The molecular weight excluding hydrogens is 366 g/mol. The van der Waals surface area contributed by atoms with Crippen molar-refractivity contribution < 1.29 is 4.79 Å². The van der Waals surface area contributed by atoms with E-state index in [1.807, 2.05) is 35.2 Å². The van der Waals surface area contributed by atoms with Crippen molar-refractivity contribution in [1.82, 2.24) is 24.2 Å². The number of amides is 1. The monoisotopic (exact) mass is 391 g/mol. The molecule has 2 aliphatic rings. The molecule has 0 unspecified atom stereocenters. The highest BCUT2D eigenvalue weighted by Gasteiger charge is 2.33. The summed E-state index contributed by atoms with van der Waals surface area (Å²) in [5.74, 6) is 1.41. The van der Waals surface area contributed by atoms with E-state index in [0.29, 0.717) is 17.0 Å². The second kappa shape index (κ2) is 7.46.